The number of aromatic nitrogens is 2. The molecule has 0 saturated carbocycles. The zero-order valence-electron chi connectivity index (χ0n) is 7.25. The summed E-state index contributed by atoms with van der Waals surface area (Å²) in [5.74, 6) is -0.121. The molecule has 0 aromatic carbocycles. The van der Waals surface area contributed by atoms with Crippen LogP contribution in [0.15, 0.2) is 18.9 Å². The van der Waals surface area contributed by atoms with Gasteiger partial charge in [0.05, 0.1) is 9.77 Å². The van der Waals surface area contributed by atoms with Crippen molar-refractivity contribution in [1.82, 2.24) is 15.1 Å². The summed E-state index contributed by atoms with van der Waals surface area (Å²) < 4.78 is 2.40. The molecule has 0 bridgehead atoms. The molecule has 0 fully saturated rings. The highest BCUT2D eigenvalue weighted by atomic mass is 127. The van der Waals surface area contributed by atoms with Crippen LogP contribution in [-0.4, -0.2) is 22.2 Å². The number of halogens is 1. The molecule has 1 heterocycles. The average molecular weight is 291 g/mol. The topological polar surface area (TPSA) is 46.9 Å². The van der Waals surface area contributed by atoms with E-state index in [2.05, 4.69) is 39.6 Å². The molecular formula is C8H10IN3O. The van der Waals surface area contributed by atoms with Gasteiger partial charge in [0.15, 0.2) is 0 Å². The van der Waals surface area contributed by atoms with Crippen molar-refractivity contribution in [1.29, 1.82) is 0 Å². The third-order valence-corrected chi connectivity index (χ3v) is 2.31. The van der Waals surface area contributed by atoms with Gasteiger partial charge in [-0.25, -0.2) is 0 Å². The van der Waals surface area contributed by atoms with E-state index in [1.54, 1.807) is 24.0 Å². The minimum absolute atomic E-state index is 0.121. The van der Waals surface area contributed by atoms with Gasteiger partial charge in [0.25, 0.3) is 5.91 Å². The SMILES string of the molecule is C=CCNC(=O)c1c(I)cnn1C. The summed E-state index contributed by atoms with van der Waals surface area (Å²) in [5.41, 5.74) is 0.586. The van der Waals surface area contributed by atoms with E-state index in [1.165, 1.54) is 0 Å². The number of nitrogens with one attached hydrogen (secondary N) is 1. The van der Waals surface area contributed by atoms with Crippen molar-refractivity contribution in [2.45, 2.75) is 0 Å². The first kappa shape index (κ1) is 10.2. The quantitative estimate of drug-likeness (QED) is 0.665. The number of hydrogen-bond acceptors (Lipinski definition) is 2. The van der Waals surface area contributed by atoms with Gasteiger partial charge in [0, 0.05) is 13.6 Å². The van der Waals surface area contributed by atoms with Crippen molar-refractivity contribution in [2.75, 3.05) is 6.54 Å². The largest absolute Gasteiger partial charge is 0.347 e. The second-order valence-electron chi connectivity index (χ2n) is 2.46. The fourth-order valence-electron chi connectivity index (χ4n) is 0.915. The predicted octanol–water partition coefficient (Wildman–Crippen LogP) is 0.941. The molecule has 0 atom stereocenters. The highest BCUT2D eigenvalue weighted by Gasteiger charge is 2.13. The van der Waals surface area contributed by atoms with E-state index in [1.807, 2.05) is 0 Å². The Morgan fingerprint density at radius 3 is 3.08 bits per heavy atom. The normalized spacial score (nSPS) is 9.69. The molecule has 1 aromatic heterocycles. The number of carbonyl (C=O) groups excluding carboxylic acids is 1. The fourth-order valence-corrected chi connectivity index (χ4v) is 1.63. The molecule has 0 saturated heterocycles. The van der Waals surface area contributed by atoms with Crippen molar-refractivity contribution < 1.29 is 4.79 Å². The third-order valence-electron chi connectivity index (χ3n) is 1.52. The Morgan fingerprint density at radius 1 is 1.92 bits per heavy atom. The van der Waals surface area contributed by atoms with Crippen LogP contribution in [0.25, 0.3) is 0 Å². The van der Waals surface area contributed by atoms with Crippen molar-refractivity contribution in [3.05, 3.63) is 28.1 Å². The molecule has 13 heavy (non-hydrogen) atoms. The first-order valence-electron chi connectivity index (χ1n) is 3.73. The molecule has 1 N–H and O–H groups in total. The number of hydrogen-bond donors (Lipinski definition) is 1. The number of carbonyl (C=O) groups is 1. The molecular weight excluding hydrogens is 281 g/mol. The summed E-state index contributed by atoms with van der Waals surface area (Å²) in [4.78, 5) is 11.5. The lowest BCUT2D eigenvalue weighted by Gasteiger charge is -2.02. The van der Waals surface area contributed by atoms with Gasteiger partial charge in [-0.15, -0.1) is 6.58 Å². The van der Waals surface area contributed by atoms with Crippen LogP contribution in [0, 0.1) is 3.57 Å². The van der Waals surface area contributed by atoms with E-state index in [0.717, 1.165) is 3.57 Å². The maximum absolute atomic E-state index is 11.5. The molecule has 1 aromatic rings. The van der Waals surface area contributed by atoms with Crippen LogP contribution in [0.2, 0.25) is 0 Å². The van der Waals surface area contributed by atoms with Crippen molar-refractivity contribution >= 4 is 28.5 Å². The van der Waals surface area contributed by atoms with Crippen LogP contribution in [0.5, 0.6) is 0 Å². The highest BCUT2D eigenvalue weighted by Crippen LogP contribution is 2.09. The Balaban J connectivity index is 2.81. The van der Waals surface area contributed by atoms with Crippen LogP contribution < -0.4 is 5.32 Å². The summed E-state index contributed by atoms with van der Waals surface area (Å²) in [7, 11) is 1.74. The van der Waals surface area contributed by atoms with E-state index >= 15 is 0 Å². The standard InChI is InChI=1S/C8H10IN3O/c1-3-4-10-8(13)7-6(9)5-11-12(7)2/h3,5H,1,4H2,2H3,(H,10,13). The smallest absolute Gasteiger partial charge is 0.270 e. The summed E-state index contributed by atoms with van der Waals surface area (Å²) in [6.07, 6.45) is 3.30. The molecule has 0 aliphatic carbocycles. The Kier molecular flexibility index (Phi) is 3.47. The van der Waals surface area contributed by atoms with Crippen LogP contribution in [0.4, 0.5) is 0 Å². The Morgan fingerprint density at radius 2 is 2.62 bits per heavy atom. The summed E-state index contributed by atoms with van der Waals surface area (Å²) >= 11 is 2.08. The molecule has 4 nitrogen and oxygen atoms in total. The number of rotatable bonds is 3. The van der Waals surface area contributed by atoms with Crippen LogP contribution >= 0.6 is 22.6 Å². The average Bonchev–Trinajstić information content (AvgIpc) is 2.42. The van der Waals surface area contributed by atoms with Crippen LogP contribution in [-0.2, 0) is 7.05 Å². The molecule has 5 heteroatoms. The first-order valence-corrected chi connectivity index (χ1v) is 4.81. The summed E-state index contributed by atoms with van der Waals surface area (Å²) in [6, 6.07) is 0. The molecule has 0 aliphatic heterocycles. The van der Waals surface area contributed by atoms with Gasteiger partial charge < -0.3 is 5.32 Å². The lowest BCUT2D eigenvalue weighted by Crippen LogP contribution is -2.26. The minimum atomic E-state index is -0.121. The number of amides is 1. The van der Waals surface area contributed by atoms with Gasteiger partial charge in [0.1, 0.15) is 5.69 Å². The second-order valence-corrected chi connectivity index (χ2v) is 3.63. The summed E-state index contributed by atoms with van der Waals surface area (Å²) in [6.45, 7) is 3.99. The van der Waals surface area contributed by atoms with Crippen LogP contribution in [0.3, 0.4) is 0 Å². The Bertz CT molecular complexity index is 313. The van der Waals surface area contributed by atoms with Gasteiger partial charge in [-0.3, -0.25) is 9.48 Å². The first-order chi connectivity index (χ1) is 6.16. The van der Waals surface area contributed by atoms with E-state index < -0.39 is 0 Å². The minimum Gasteiger partial charge on any atom is -0.347 e. The maximum atomic E-state index is 11.5. The third kappa shape index (κ3) is 2.30. The van der Waals surface area contributed by atoms with Gasteiger partial charge >= 0.3 is 0 Å². The zero-order chi connectivity index (χ0) is 9.84. The molecule has 0 spiro atoms. The number of nitrogens with zero attached hydrogens (tertiary/aromatic N) is 2. The predicted molar refractivity (Wildman–Crippen MR) is 58.5 cm³/mol. The fraction of sp³-hybridized carbons (Fsp3) is 0.250. The molecule has 0 radical (unpaired) electrons. The maximum Gasteiger partial charge on any atom is 0.270 e. The molecule has 0 unspecified atom stereocenters. The van der Waals surface area contributed by atoms with E-state index in [0.29, 0.717) is 12.2 Å². The van der Waals surface area contributed by atoms with Gasteiger partial charge in [-0.1, -0.05) is 6.08 Å². The Labute approximate surface area is 90.1 Å². The highest BCUT2D eigenvalue weighted by molar-refractivity contribution is 14.1. The van der Waals surface area contributed by atoms with Gasteiger partial charge in [0.2, 0.25) is 0 Å². The molecule has 70 valence electrons. The van der Waals surface area contributed by atoms with E-state index in [9.17, 15) is 4.79 Å². The molecule has 0 aliphatic rings. The molecule has 1 rings (SSSR count). The lowest BCUT2D eigenvalue weighted by atomic mass is 10.4. The van der Waals surface area contributed by atoms with E-state index in [4.69, 9.17) is 0 Å². The second kappa shape index (κ2) is 4.40. The zero-order valence-corrected chi connectivity index (χ0v) is 9.41. The van der Waals surface area contributed by atoms with Crippen molar-refractivity contribution in [3.63, 3.8) is 0 Å². The lowest BCUT2D eigenvalue weighted by molar-refractivity contribution is 0.0947. The van der Waals surface area contributed by atoms with E-state index in [-0.39, 0.29) is 5.91 Å². The molecule has 1 amide bonds. The summed E-state index contributed by atoms with van der Waals surface area (Å²) in [5, 5.41) is 6.66. The van der Waals surface area contributed by atoms with Crippen molar-refractivity contribution in [2.24, 2.45) is 7.05 Å². The Hall–Kier alpha value is -0.850. The van der Waals surface area contributed by atoms with Gasteiger partial charge in [-0.2, -0.15) is 5.10 Å². The van der Waals surface area contributed by atoms with Gasteiger partial charge in [-0.05, 0) is 22.6 Å². The van der Waals surface area contributed by atoms with Crippen LogP contribution in [0.1, 0.15) is 10.5 Å². The monoisotopic (exact) mass is 291 g/mol. The van der Waals surface area contributed by atoms with Crippen molar-refractivity contribution in [3.8, 4) is 0 Å². The number of aryl methyl sites for hydroxylation is 1.